The second kappa shape index (κ2) is 13.3. The highest BCUT2D eigenvalue weighted by atomic mass is 31.2. The van der Waals surface area contributed by atoms with E-state index in [1.54, 1.807) is 0 Å². The van der Waals surface area contributed by atoms with Crippen LogP contribution in [-0.2, 0) is 21.9 Å². The Morgan fingerprint density at radius 1 is 0.786 bits per heavy atom. The van der Waals surface area contributed by atoms with Crippen LogP contribution in [0, 0.1) is 0 Å². The summed E-state index contributed by atoms with van der Waals surface area (Å²) in [6, 6.07) is 38.1. The van der Waals surface area contributed by atoms with Crippen molar-refractivity contribution in [1.82, 2.24) is 5.09 Å². The van der Waals surface area contributed by atoms with Crippen LogP contribution in [0.3, 0.4) is 0 Å². The summed E-state index contributed by atoms with van der Waals surface area (Å²) in [4.78, 5) is 0. The lowest BCUT2D eigenvalue weighted by molar-refractivity contribution is 0.262. The van der Waals surface area contributed by atoms with Crippen molar-refractivity contribution in [3.8, 4) is 0 Å². The Kier molecular flexibility index (Phi) is 8.92. The molecule has 42 heavy (non-hydrogen) atoms. The molecule has 0 fully saturated rings. The first-order chi connectivity index (χ1) is 20.7. The number of aryl methyl sites for hydroxylation is 1. The molecule has 0 saturated heterocycles. The fourth-order valence-electron chi connectivity index (χ4n) is 5.41. The molecule has 210 valence electrons. The van der Waals surface area contributed by atoms with Gasteiger partial charge in [-0.3, -0.25) is 0 Å². The fraction of sp³-hybridized carbons (Fsp3) is 0.158. The van der Waals surface area contributed by atoms with Gasteiger partial charge in [-0.05, 0) is 64.5 Å². The summed E-state index contributed by atoms with van der Waals surface area (Å²) in [5, 5.41) is 3.61. The molecular formula is C38H36NO2P. The topological polar surface area (TPSA) is 30.5 Å². The first kappa shape index (κ1) is 28.1. The number of benzene rings is 4. The van der Waals surface area contributed by atoms with E-state index >= 15 is 0 Å². The third kappa shape index (κ3) is 6.55. The van der Waals surface area contributed by atoms with Gasteiger partial charge in [-0.2, -0.15) is 0 Å². The lowest BCUT2D eigenvalue weighted by Crippen LogP contribution is -2.20. The molecule has 0 amide bonds. The molecule has 3 nitrogen and oxygen atoms in total. The van der Waals surface area contributed by atoms with Crippen molar-refractivity contribution < 1.29 is 9.05 Å². The molecule has 1 N–H and O–H groups in total. The maximum atomic E-state index is 6.66. The van der Waals surface area contributed by atoms with Crippen LogP contribution >= 0.6 is 8.53 Å². The van der Waals surface area contributed by atoms with Crippen molar-refractivity contribution in [2.75, 3.05) is 0 Å². The van der Waals surface area contributed by atoms with Gasteiger partial charge in [-0.1, -0.05) is 134 Å². The van der Waals surface area contributed by atoms with E-state index in [0.717, 1.165) is 18.6 Å². The predicted molar refractivity (Wildman–Crippen MR) is 176 cm³/mol. The quantitative estimate of drug-likeness (QED) is 0.248. The molecule has 0 aromatic heterocycles. The summed E-state index contributed by atoms with van der Waals surface area (Å²) in [6.07, 6.45) is 12.6. The summed E-state index contributed by atoms with van der Waals surface area (Å²) >= 11 is 0. The van der Waals surface area contributed by atoms with Gasteiger partial charge in [0.25, 0.3) is 0 Å². The van der Waals surface area contributed by atoms with E-state index < -0.39 is 8.53 Å². The Morgan fingerprint density at radius 2 is 1.48 bits per heavy atom. The minimum Gasteiger partial charge on any atom is -0.436 e. The van der Waals surface area contributed by atoms with Crippen LogP contribution in [0.5, 0.6) is 0 Å². The number of fused-ring (bicyclic) bond motifs is 5. The summed E-state index contributed by atoms with van der Waals surface area (Å²) in [6.45, 7) is 4.31. The zero-order valence-electron chi connectivity index (χ0n) is 24.1. The molecule has 1 aliphatic heterocycles. The van der Waals surface area contributed by atoms with Crippen LogP contribution in [0.4, 0.5) is 0 Å². The molecule has 0 spiro atoms. The van der Waals surface area contributed by atoms with E-state index in [2.05, 4.69) is 146 Å². The monoisotopic (exact) mass is 569 g/mol. The maximum Gasteiger partial charge on any atom is 0.319 e. The minimum absolute atomic E-state index is 0.0955. The molecule has 3 aliphatic rings. The Labute approximate surface area is 250 Å². The number of nitrogens with one attached hydrogen (secondary N) is 1. The molecule has 0 saturated carbocycles. The number of hydrogen-bond acceptors (Lipinski definition) is 3. The van der Waals surface area contributed by atoms with Gasteiger partial charge in [0.15, 0.2) is 0 Å². The highest BCUT2D eigenvalue weighted by molar-refractivity contribution is 7.45. The predicted octanol–water partition coefficient (Wildman–Crippen LogP) is 9.86. The van der Waals surface area contributed by atoms with Crippen LogP contribution in [0.25, 0.3) is 17.7 Å². The third-order valence-electron chi connectivity index (χ3n) is 7.75. The number of hydrogen-bond donors (Lipinski definition) is 1. The lowest BCUT2D eigenvalue weighted by atomic mass is 9.89. The Morgan fingerprint density at radius 3 is 2.24 bits per heavy atom. The van der Waals surface area contributed by atoms with E-state index in [0.29, 0.717) is 0 Å². The van der Waals surface area contributed by atoms with Gasteiger partial charge in [0, 0.05) is 18.0 Å². The van der Waals surface area contributed by atoms with Gasteiger partial charge in [-0.15, -0.1) is 0 Å². The van der Waals surface area contributed by atoms with E-state index in [9.17, 15) is 0 Å². The normalized spacial score (nSPS) is 19.1. The van der Waals surface area contributed by atoms with Gasteiger partial charge < -0.3 is 9.05 Å². The van der Waals surface area contributed by atoms with Crippen molar-refractivity contribution in [3.63, 3.8) is 0 Å². The van der Waals surface area contributed by atoms with Gasteiger partial charge in [0.2, 0.25) is 0 Å². The van der Waals surface area contributed by atoms with Crippen LogP contribution < -0.4 is 5.09 Å². The molecule has 4 heteroatoms. The zero-order chi connectivity index (χ0) is 28.7. The molecule has 3 unspecified atom stereocenters. The Bertz CT molecular complexity index is 1640. The third-order valence-corrected chi connectivity index (χ3v) is 9.15. The fourth-order valence-corrected chi connectivity index (χ4v) is 6.73. The van der Waals surface area contributed by atoms with Crippen molar-refractivity contribution >= 4 is 26.3 Å². The highest BCUT2D eigenvalue weighted by Crippen LogP contribution is 2.48. The maximum absolute atomic E-state index is 6.66. The molecule has 7 rings (SSSR count). The summed E-state index contributed by atoms with van der Waals surface area (Å²) in [7, 11) is -1.38. The average Bonchev–Trinajstić information content (AvgIpc) is 3.34. The SMILES string of the molecule is CC(NP1OC2=C(Cc3ccccc3C=C2)C2=CC(C=Cc3ccccc32)O1)c1ccccc1.CCc1ccccc1. The largest absolute Gasteiger partial charge is 0.436 e. The average molecular weight is 570 g/mol. The van der Waals surface area contributed by atoms with Crippen molar-refractivity contribution in [3.05, 3.63) is 172 Å². The minimum atomic E-state index is -1.38. The molecule has 3 atom stereocenters. The zero-order valence-corrected chi connectivity index (χ0v) is 25.0. The second-order valence-corrected chi connectivity index (χ2v) is 11.8. The van der Waals surface area contributed by atoms with Gasteiger partial charge >= 0.3 is 8.53 Å². The van der Waals surface area contributed by atoms with Gasteiger partial charge in [-0.25, -0.2) is 5.09 Å². The summed E-state index contributed by atoms with van der Waals surface area (Å²) < 4.78 is 13.2. The van der Waals surface area contributed by atoms with E-state index in [-0.39, 0.29) is 12.1 Å². The highest BCUT2D eigenvalue weighted by Gasteiger charge is 2.29. The molecule has 2 bridgehead atoms. The molecule has 2 aliphatic carbocycles. The van der Waals surface area contributed by atoms with E-state index in [1.165, 1.54) is 44.5 Å². The molecule has 0 radical (unpaired) electrons. The number of rotatable bonds is 4. The first-order valence-electron chi connectivity index (χ1n) is 14.7. The summed E-state index contributed by atoms with van der Waals surface area (Å²) in [5.41, 5.74) is 9.95. The number of allylic oxidation sites excluding steroid dienone is 3. The molecular weight excluding hydrogens is 533 g/mol. The molecule has 4 aromatic carbocycles. The van der Waals surface area contributed by atoms with E-state index in [1.807, 2.05) is 12.1 Å². The van der Waals surface area contributed by atoms with Gasteiger partial charge in [0.1, 0.15) is 11.9 Å². The van der Waals surface area contributed by atoms with Crippen LogP contribution in [0.2, 0.25) is 0 Å². The second-order valence-electron chi connectivity index (χ2n) is 10.6. The van der Waals surface area contributed by atoms with Crippen LogP contribution in [-0.4, -0.2) is 6.10 Å². The molecule has 4 aromatic rings. The molecule has 1 heterocycles. The summed E-state index contributed by atoms with van der Waals surface area (Å²) in [5.74, 6) is 0.872. The smallest absolute Gasteiger partial charge is 0.319 e. The van der Waals surface area contributed by atoms with Crippen LogP contribution in [0.15, 0.2) is 139 Å². The van der Waals surface area contributed by atoms with Crippen molar-refractivity contribution in [1.29, 1.82) is 0 Å². The lowest BCUT2D eigenvalue weighted by Gasteiger charge is -2.29. The Hall–Kier alpha value is -4.01. The van der Waals surface area contributed by atoms with Crippen molar-refractivity contribution in [2.24, 2.45) is 0 Å². The van der Waals surface area contributed by atoms with E-state index in [4.69, 9.17) is 9.05 Å². The van der Waals surface area contributed by atoms with Crippen LogP contribution in [0.1, 0.15) is 53.3 Å². The standard InChI is InChI=1S/C30H26NO2P.C8H10/c1-21(22-9-3-2-4-10-22)31-34-32-26-17-15-24-12-7-8-14-27(24)28(20-26)29-19-25-13-6-5-11-23(25)16-18-30(29)33-34;1-2-8-6-4-3-5-7-8/h2-18,20-21,26,31H,19H2,1H3;3-7H,2H2,1H3. The Balaban J connectivity index is 0.000000343. The first-order valence-corrected chi connectivity index (χ1v) is 15.8. The van der Waals surface area contributed by atoms with Gasteiger partial charge in [0.05, 0.1) is 0 Å². The van der Waals surface area contributed by atoms with Crippen molar-refractivity contribution in [2.45, 2.75) is 38.8 Å².